The van der Waals surface area contributed by atoms with Crippen molar-refractivity contribution in [1.82, 2.24) is 30.3 Å². The summed E-state index contributed by atoms with van der Waals surface area (Å²) in [5, 5.41) is 9.58. The van der Waals surface area contributed by atoms with E-state index in [0.717, 1.165) is 49.5 Å². The molecule has 1 saturated heterocycles. The van der Waals surface area contributed by atoms with Crippen LogP contribution in [0.15, 0.2) is 4.79 Å². The van der Waals surface area contributed by atoms with E-state index in [1.54, 1.807) is 11.7 Å². The summed E-state index contributed by atoms with van der Waals surface area (Å²) in [6.07, 6.45) is 0.247. The van der Waals surface area contributed by atoms with Crippen LogP contribution in [-0.4, -0.2) is 64.8 Å². The quantitative estimate of drug-likeness (QED) is 0.675. The maximum atomic E-state index is 12.3. The average Bonchev–Trinajstić information content (AvgIpc) is 2.86. The first-order valence-electron chi connectivity index (χ1n) is 8.72. The van der Waals surface area contributed by atoms with Crippen molar-refractivity contribution in [3.63, 3.8) is 0 Å². The Hall–Kier alpha value is -2.19. The Morgan fingerprint density at radius 3 is 2.72 bits per heavy atom. The van der Waals surface area contributed by atoms with E-state index in [4.69, 9.17) is 0 Å². The standard InChI is InChI=1S/C17H26N6O2/c1-11-13(12(2)20-16-15(11)17(25)21-22(16)3)10-14(24)19-6-9-23-7-4-18-5-8-23/h18H,4-10H2,1-3H3,(H,19,24)(H,21,25). The van der Waals surface area contributed by atoms with Gasteiger partial charge in [-0.1, -0.05) is 0 Å². The number of nitrogens with one attached hydrogen (secondary N) is 3. The molecule has 0 unspecified atom stereocenters. The number of H-pyrrole nitrogens is 1. The Morgan fingerprint density at radius 2 is 2.00 bits per heavy atom. The van der Waals surface area contributed by atoms with Crippen LogP contribution in [0.25, 0.3) is 11.0 Å². The van der Waals surface area contributed by atoms with E-state index in [1.807, 2.05) is 13.8 Å². The van der Waals surface area contributed by atoms with Gasteiger partial charge in [0, 0.05) is 52.0 Å². The van der Waals surface area contributed by atoms with Crippen molar-refractivity contribution in [3.8, 4) is 0 Å². The van der Waals surface area contributed by atoms with Crippen molar-refractivity contribution in [1.29, 1.82) is 0 Å². The molecule has 3 rings (SSSR count). The summed E-state index contributed by atoms with van der Waals surface area (Å²) < 4.78 is 1.62. The van der Waals surface area contributed by atoms with Gasteiger partial charge in [-0.3, -0.25) is 24.3 Å². The predicted octanol–water partition coefficient (Wildman–Crippen LogP) is -0.558. The normalized spacial score (nSPS) is 15.6. The number of hydrogen-bond acceptors (Lipinski definition) is 5. The zero-order chi connectivity index (χ0) is 18.0. The van der Waals surface area contributed by atoms with E-state index in [0.29, 0.717) is 17.6 Å². The number of aromatic nitrogens is 3. The number of carbonyl (C=O) groups is 1. The second kappa shape index (κ2) is 7.37. The first kappa shape index (κ1) is 17.6. The van der Waals surface area contributed by atoms with Gasteiger partial charge in [0.15, 0.2) is 5.65 Å². The number of piperazine rings is 1. The first-order chi connectivity index (χ1) is 12.0. The molecule has 3 N–H and O–H groups in total. The van der Waals surface area contributed by atoms with Gasteiger partial charge in [-0.25, -0.2) is 4.98 Å². The highest BCUT2D eigenvalue weighted by atomic mass is 16.1. The minimum Gasteiger partial charge on any atom is -0.355 e. The largest absolute Gasteiger partial charge is 0.355 e. The molecule has 1 aliphatic rings. The van der Waals surface area contributed by atoms with Crippen LogP contribution < -0.4 is 16.2 Å². The molecule has 136 valence electrons. The molecule has 0 aromatic carbocycles. The number of aromatic amines is 1. The fraction of sp³-hybridized carbons (Fsp3) is 0.588. The molecule has 8 nitrogen and oxygen atoms in total. The molecule has 3 heterocycles. The Bertz CT molecular complexity index is 832. The van der Waals surface area contributed by atoms with Crippen molar-refractivity contribution in [2.75, 3.05) is 39.3 Å². The number of hydrogen-bond donors (Lipinski definition) is 3. The van der Waals surface area contributed by atoms with Gasteiger partial charge >= 0.3 is 0 Å². The molecule has 0 saturated carbocycles. The van der Waals surface area contributed by atoms with E-state index >= 15 is 0 Å². The van der Waals surface area contributed by atoms with E-state index in [9.17, 15) is 9.59 Å². The van der Waals surface area contributed by atoms with Crippen LogP contribution in [0.5, 0.6) is 0 Å². The molecule has 1 fully saturated rings. The van der Waals surface area contributed by atoms with Crippen LogP contribution in [0.3, 0.4) is 0 Å². The third kappa shape index (κ3) is 3.74. The second-order valence-electron chi connectivity index (χ2n) is 6.62. The van der Waals surface area contributed by atoms with Crippen LogP contribution in [0, 0.1) is 13.8 Å². The van der Waals surface area contributed by atoms with Gasteiger partial charge in [-0.05, 0) is 25.0 Å². The maximum absolute atomic E-state index is 12.3. The molecular weight excluding hydrogens is 320 g/mol. The number of amides is 1. The molecule has 0 atom stereocenters. The minimum atomic E-state index is -0.164. The second-order valence-corrected chi connectivity index (χ2v) is 6.62. The number of carbonyl (C=O) groups excluding carboxylic acids is 1. The van der Waals surface area contributed by atoms with Gasteiger partial charge in [-0.2, -0.15) is 0 Å². The number of pyridine rings is 1. The lowest BCUT2D eigenvalue weighted by Crippen LogP contribution is -2.46. The van der Waals surface area contributed by atoms with Gasteiger partial charge in [0.25, 0.3) is 5.56 Å². The lowest BCUT2D eigenvalue weighted by Gasteiger charge is -2.27. The minimum absolute atomic E-state index is 0.0326. The number of fused-ring (bicyclic) bond motifs is 1. The van der Waals surface area contributed by atoms with Crippen LogP contribution >= 0.6 is 0 Å². The summed E-state index contributed by atoms with van der Waals surface area (Å²) in [5.74, 6) is -0.0326. The maximum Gasteiger partial charge on any atom is 0.273 e. The van der Waals surface area contributed by atoms with Crippen molar-refractivity contribution >= 4 is 16.9 Å². The van der Waals surface area contributed by atoms with Crippen molar-refractivity contribution in [3.05, 3.63) is 27.2 Å². The van der Waals surface area contributed by atoms with E-state index in [2.05, 4.69) is 25.6 Å². The Morgan fingerprint density at radius 1 is 1.28 bits per heavy atom. The zero-order valence-corrected chi connectivity index (χ0v) is 15.1. The Labute approximate surface area is 146 Å². The number of rotatable bonds is 5. The van der Waals surface area contributed by atoms with Crippen LogP contribution in [0.1, 0.15) is 16.8 Å². The molecule has 2 aromatic rings. The van der Waals surface area contributed by atoms with E-state index < -0.39 is 0 Å². The molecule has 0 bridgehead atoms. The highest BCUT2D eigenvalue weighted by molar-refractivity contribution is 5.84. The highest BCUT2D eigenvalue weighted by Crippen LogP contribution is 2.20. The lowest BCUT2D eigenvalue weighted by atomic mass is 10.0. The van der Waals surface area contributed by atoms with Crippen molar-refractivity contribution < 1.29 is 4.79 Å². The molecule has 1 amide bonds. The first-order valence-corrected chi connectivity index (χ1v) is 8.72. The van der Waals surface area contributed by atoms with Crippen molar-refractivity contribution in [2.45, 2.75) is 20.3 Å². The fourth-order valence-electron chi connectivity index (χ4n) is 3.42. The zero-order valence-electron chi connectivity index (χ0n) is 15.1. The third-order valence-electron chi connectivity index (χ3n) is 4.87. The van der Waals surface area contributed by atoms with Crippen LogP contribution in [0.4, 0.5) is 0 Å². The third-order valence-corrected chi connectivity index (χ3v) is 4.87. The Balaban J connectivity index is 1.66. The molecule has 1 aliphatic heterocycles. The molecular formula is C17H26N6O2. The van der Waals surface area contributed by atoms with Gasteiger partial charge < -0.3 is 10.6 Å². The highest BCUT2D eigenvalue weighted by Gasteiger charge is 2.17. The van der Waals surface area contributed by atoms with Crippen molar-refractivity contribution in [2.24, 2.45) is 7.05 Å². The van der Waals surface area contributed by atoms with Crippen LogP contribution in [0.2, 0.25) is 0 Å². The summed E-state index contributed by atoms with van der Waals surface area (Å²) >= 11 is 0. The number of nitrogens with zero attached hydrogens (tertiary/aromatic N) is 3. The fourth-order valence-corrected chi connectivity index (χ4v) is 3.42. The monoisotopic (exact) mass is 346 g/mol. The summed E-state index contributed by atoms with van der Waals surface area (Å²) in [4.78, 5) is 31.3. The summed E-state index contributed by atoms with van der Waals surface area (Å²) in [6, 6.07) is 0. The molecule has 25 heavy (non-hydrogen) atoms. The smallest absolute Gasteiger partial charge is 0.273 e. The SMILES string of the molecule is Cc1nc2c(c(C)c1CC(=O)NCCN1CCNCC1)c(=O)[nH]n2C. The predicted molar refractivity (Wildman–Crippen MR) is 96.8 cm³/mol. The Kier molecular flexibility index (Phi) is 5.19. The van der Waals surface area contributed by atoms with Gasteiger partial charge in [0.2, 0.25) is 5.91 Å². The molecule has 0 aliphatic carbocycles. The summed E-state index contributed by atoms with van der Waals surface area (Å²) in [5.41, 5.74) is 2.92. The summed E-state index contributed by atoms with van der Waals surface area (Å²) in [7, 11) is 1.76. The van der Waals surface area contributed by atoms with Crippen LogP contribution in [-0.2, 0) is 18.3 Å². The van der Waals surface area contributed by atoms with E-state index in [-0.39, 0.29) is 17.9 Å². The molecule has 0 spiro atoms. The van der Waals surface area contributed by atoms with E-state index in [1.165, 1.54) is 0 Å². The lowest BCUT2D eigenvalue weighted by molar-refractivity contribution is -0.120. The molecule has 0 radical (unpaired) electrons. The van der Waals surface area contributed by atoms with Gasteiger partial charge in [-0.15, -0.1) is 0 Å². The van der Waals surface area contributed by atoms with Gasteiger partial charge in [0.05, 0.1) is 11.8 Å². The topological polar surface area (TPSA) is 95.1 Å². The molecule has 2 aromatic heterocycles. The van der Waals surface area contributed by atoms with Gasteiger partial charge in [0.1, 0.15) is 0 Å². The summed E-state index contributed by atoms with van der Waals surface area (Å²) in [6.45, 7) is 9.31. The average molecular weight is 346 g/mol. The number of aryl methyl sites for hydroxylation is 3. The molecule has 8 heteroatoms.